The second-order valence-corrected chi connectivity index (χ2v) is 4.87. The van der Waals surface area contributed by atoms with Gasteiger partial charge in [0.25, 0.3) is 0 Å². The summed E-state index contributed by atoms with van der Waals surface area (Å²) in [6, 6.07) is 6.65. The maximum absolute atomic E-state index is 13.7. The zero-order chi connectivity index (χ0) is 14.3. The van der Waals surface area contributed by atoms with Crippen LogP contribution in [-0.2, 0) is 7.05 Å². The first-order valence-electron chi connectivity index (χ1n) is 6.45. The summed E-state index contributed by atoms with van der Waals surface area (Å²) in [7, 11) is 3.72. The van der Waals surface area contributed by atoms with Crippen LogP contribution in [0.2, 0.25) is 0 Å². The molecule has 0 bridgehead atoms. The van der Waals surface area contributed by atoms with Gasteiger partial charge in [-0.1, -0.05) is 12.1 Å². The van der Waals surface area contributed by atoms with E-state index in [2.05, 4.69) is 10.4 Å². The van der Waals surface area contributed by atoms with Crippen molar-refractivity contribution in [3.05, 3.63) is 53.3 Å². The van der Waals surface area contributed by atoms with E-state index in [9.17, 15) is 4.39 Å². The van der Waals surface area contributed by atoms with Crippen LogP contribution in [0.3, 0.4) is 0 Å². The lowest BCUT2D eigenvalue weighted by molar-refractivity contribution is 0.475. The van der Waals surface area contributed by atoms with Gasteiger partial charge in [-0.05, 0) is 26.1 Å². The standard InChI is InChI=1S/C15H16FN3O/c1-9-11(8-19(3)18-9)14(17-2)13-7-10-5-4-6-12(16)15(10)20-13/h4-8,14,17H,1-3H3. The van der Waals surface area contributed by atoms with Crippen molar-refractivity contribution in [1.82, 2.24) is 15.1 Å². The Balaban J connectivity index is 2.12. The minimum Gasteiger partial charge on any atom is -0.456 e. The third-order valence-electron chi connectivity index (χ3n) is 3.45. The Morgan fingerprint density at radius 1 is 1.40 bits per heavy atom. The Morgan fingerprint density at radius 2 is 2.20 bits per heavy atom. The lowest BCUT2D eigenvalue weighted by atomic mass is 10.1. The van der Waals surface area contributed by atoms with Crippen LogP contribution in [0.1, 0.15) is 23.1 Å². The number of rotatable bonds is 3. The Labute approximate surface area is 116 Å². The molecule has 0 saturated heterocycles. The van der Waals surface area contributed by atoms with Gasteiger partial charge >= 0.3 is 0 Å². The van der Waals surface area contributed by atoms with Crippen LogP contribution in [0.15, 0.2) is 34.9 Å². The van der Waals surface area contributed by atoms with Crippen molar-refractivity contribution >= 4 is 11.0 Å². The van der Waals surface area contributed by atoms with E-state index in [-0.39, 0.29) is 11.9 Å². The van der Waals surface area contributed by atoms with E-state index >= 15 is 0 Å². The van der Waals surface area contributed by atoms with Crippen molar-refractivity contribution < 1.29 is 8.81 Å². The third-order valence-corrected chi connectivity index (χ3v) is 3.45. The lowest BCUT2D eigenvalue weighted by Crippen LogP contribution is -2.17. The van der Waals surface area contributed by atoms with Gasteiger partial charge in [-0.25, -0.2) is 4.39 Å². The zero-order valence-corrected chi connectivity index (χ0v) is 11.6. The van der Waals surface area contributed by atoms with Crippen LogP contribution in [0.4, 0.5) is 4.39 Å². The average Bonchev–Trinajstić information content (AvgIpc) is 2.96. The Bertz CT molecular complexity index is 760. The third kappa shape index (κ3) is 2.00. The highest BCUT2D eigenvalue weighted by molar-refractivity contribution is 5.78. The fourth-order valence-electron chi connectivity index (χ4n) is 2.54. The predicted molar refractivity (Wildman–Crippen MR) is 75.0 cm³/mol. The molecule has 4 nitrogen and oxygen atoms in total. The van der Waals surface area contributed by atoms with Crippen LogP contribution >= 0.6 is 0 Å². The van der Waals surface area contributed by atoms with Gasteiger partial charge < -0.3 is 9.73 Å². The van der Waals surface area contributed by atoms with E-state index in [0.29, 0.717) is 11.3 Å². The van der Waals surface area contributed by atoms with E-state index in [4.69, 9.17) is 4.42 Å². The number of aromatic nitrogens is 2. The first kappa shape index (κ1) is 12.9. The number of benzene rings is 1. The summed E-state index contributed by atoms with van der Waals surface area (Å²) in [5.74, 6) is 0.343. The number of hydrogen-bond donors (Lipinski definition) is 1. The summed E-state index contributed by atoms with van der Waals surface area (Å²) in [5.41, 5.74) is 2.24. The Morgan fingerprint density at radius 3 is 2.80 bits per heavy atom. The molecule has 0 saturated carbocycles. The molecule has 0 aliphatic carbocycles. The quantitative estimate of drug-likeness (QED) is 0.798. The smallest absolute Gasteiger partial charge is 0.169 e. The molecular formula is C15H16FN3O. The van der Waals surface area contributed by atoms with E-state index in [1.165, 1.54) is 6.07 Å². The highest BCUT2D eigenvalue weighted by Gasteiger charge is 2.21. The number of para-hydroxylation sites is 1. The van der Waals surface area contributed by atoms with E-state index in [1.54, 1.807) is 10.7 Å². The molecule has 3 rings (SSSR count). The summed E-state index contributed by atoms with van der Waals surface area (Å²) in [6.45, 7) is 1.95. The van der Waals surface area contributed by atoms with Crippen LogP contribution in [0.25, 0.3) is 11.0 Å². The van der Waals surface area contributed by atoms with Gasteiger partial charge in [-0.15, -0.1) is 0 Å². The summed E-state index contributed by atoms with van der Waals surface area (Å²) < 4.78 is 21.2. The van der Waals surface area contributed by atoms with Gasteiger partial charge in [-0.2, -0.15) is 5.10 Å². The fourth-order valence-corrected chi connectivity index (χ4v) is 2.54. The normalized spacial score (nSPS) is 13.0. The molecule has 0 amide bonds. The maximum atomic E-state index is 13.7. The van der Waals surface area contributed by atoms with Gasteiger partial charge in [0, 0.05) is 24.2 Å². The molecule has 104 valence electrons. The first-order chi connectivity index (χ1) is 9.60. The van der Waals surface area contributed by atoms with E-state index < -0.39 is 0 Å². The number of nitrogens with one attached hydrogen (secondary N) is 1. The second-order valence-electron chi connectivity index (χ2n) is 4.87. The summed E-state index contributed by atoms with van der Waals surface area (Å²) >= 11 is 0. The summed E-state index contributed by atoms with van der Waals surface area (Å²) in [4.78, 5) is 0. The van der Waals surface area contributed by atoms with Crippen molar-refractivity contribution in [3.63, 3.8) is 0 Å². The molecule has 0 spiro atoms. The number of furan rings is 1. The van der Waals surface area contributed by atoms with Gasteiger partial charge in [0.1, 0.15) is 5.76 Å². The van der Waals surface area contributed by atoms with Crippen molar-refractivity contribution in [3.8, 4) is 0 Å². The minimum absolute atomic E-state index is 0.143. The molecule has 20 heavy (non-hydrogen) atoms. The van der Waals surface area contributed by atoms with Gasteiger partial charge in [0.15, 0.2) is 11.4 Å². The molecular weight excluding hydrogens is 257 g/mol. The molecule has 1 N–H and O–H groups in total. The van der Waals surface area contributed by atoms with Crippen molar-refractivity contribution in [2.24, 2.45) is 7.05 Å². The highest BCUT2D eigenvalue weighted by Crippen LogP contribution is 2.30. The monoisotopic (exact) mass is 273 g/mol. The summed E-state index contributed by atoms with van der Waals surface area (Å²) in [5, 5.41) is 8.30. The topological polar surface area (TPSA) is 43.0 Å². The zero-order valence-electron chi connectivity index (χ0n) is 11.6. The molecule has 2 aromatic heterocycles. The number of nitrogens with zero attached hydrogens (tertiary/aromatic N) is 2. The van der Waals surface area contributed by atoms with Gasteiger partial charge in [0.2, 0.25) is 0 Å². The minimum atomic E-state index is -0.341. The lowest BCUT2D eigenvalue weighted by Gasteiger charge is -2.12. The fraction of sp³-hybridized carbons (Fsp3) is 0.267. The molecule has 0 aliphatic rings. The number of aryl methyl sites for hydroxylation is 2. The van der Waals surface area contributed by atoms with Crippen LogP contribution in [0, 0.1) is 12.7 Å². The highest BCUT2D eigenvalue weighted by atomic mass is 19.1. The molecule has 0 fully saturated rings. The molecule has 0 aliphatic heterocycles. The van der Waals surface area contributed by atoms with Crippen molar-refractivity contribution in [1.29, 1.82) is 0 Å². The second kappa shape index (κ2) is 4.76. The predicted octanol–water partition coefficient (Wildman–Crippen LogP) is 2.92. The average molecular weight is 273 g/mol. The van der Waals surface area contributed by atoms with Crippen LogP contribution in [0.5, 0.6) is 0 Å². The molecule has 1 unspecified atom stereocenters. The van der Waals surface area contributed by atoms with E-state index in [1.807, 2.05) is 39.3 Å². The molecule has 0 radical (unpaired) electrons. The van der Waals surface area contributed by atoms with Gasteiger partial charge in [-0.3, -0.25) is 4.68 Å². The van der Waals surface area contributed by atoms with Crippen molar-refractivity contribution in [2.75, 3.05) is 7.05 Å². The van der Waals surface area contributed by atoms with Crippen LogP contribution in [-0.4, -0.2) is 16.8 Å². The maximum Gasteiger partial charge on any atom is 0.169 e. The Kier molecular flexibility index (Phi) is 3.06. The molecule has 2 heterocycles. The molecule has 1 aromatic carbocycles. The molecule has 3 aromatic rings. The van der Waals surface area contributed by atoms with Crippen molar-refractivity contribution in [2.45, 2.75) is 13.0 Å². The number of hydrogen-bond acceptors (Lipinski definition) is 3. The summed E-state index contributed by atoms with van der Waals surface area (Å²) in [6.07, 6.45) is 1.94. The molecule has 5 heteroatoms. The van der Waals surface area contributed by atoms with Gasteiger partial charge in [0.05, 0.1) is 11.7 Å². The van der Waals surface area contributed by atoms with E-state index in [0.717, 1.165) is 16.6 Å². The number of fused-ring (bicyclic) bond motifs is 1. The largest absolute Gasteiger partial charge is 0.456 e. The number of halogens is 1. The van der Waals surface area contributed by atoms with Crippen LogP contribution < -0.4 is 5.32 Å². The SMILES string of the molecule is CNC(c1cc2cccc(F)c2o1)c1cn(C)nc1C. The first-order valence-corrected chi connectivity index (χ1v) is 6.45. The Hall–Kier alpha value is -2.14. The molecule has 1 atom stereocenters.